The molecule has 0 aliphatic carbocycles. The van der Waals surface area contributed by atoms with Crippen LogP contribution in [0.15, 0.2) is 24.3 Å². The minimum Gasteiger partial charge on any atom is -0.494 e. The van der Waals surface area contributed by atoms with Gasteiger partial charge in [0, 0.05) is 11.6 Å². The van der Waals surface area contributed by atoms with Crippen LogP contribution in [-0.2, 0) is 4.79 Å². The number of likely N-dealkylation sites (tertiary alicyclic amines) is 1. The van der Waals surface area contributed by atoms with Crippen LogP contribution in [-0.4, -0.2) is 35.7 Å². The van der Waals surface area contributed by atoms with E-state index in [1.165, 1.54) is 6.42 Å². The molecule has 0 saturated carbocycles. The van der Waals surface area contributed by atoms with Crippen LogP contribution in [0, 0.1) is 0 Å². The molecule has 4 nitrogen and oxygen atoms in total. The molecule has 1 aliphatic rings. The van der Waals surface area contributed by atoms with Crippen LogP contribution >= 0.6 is 0 Å². The summed E-state index contributed by atoms with van der Waals surface area (Å²) in [5, 5.41) is 9.23. The maximum absolute atomic E-state index is 11.2. The van der Waals surface area contributed by atoms with Gasteiger partial charge in [-0.2, -0.15) is 0 Å². The maximum Gasteiger partial charge on any atom is 0.305 e. The molecule has 1 atom stereocenters. The largest absolute Gasteiger partial charge is 0.494 e. The lowest BCUT2D eigenvalue weighted by Crippen LogP contribution is -2.35. The zero-order valence-electron chi connectivity index (χ0n) is 12.0. The van der Waals surface area contributed by atoms with Crippen LogP contribution in [0.25, 0.3) is 0 Å². The van der Waals surface area contributed by atoms with Gasteiger partial charge in [0.1, 0.15) is 5.75 Å². The zero-order valence-corrected chi connectivity index (χ0v) is 12.0. The second kappa shape index (κ2) is 7.29. The molecule has 0 spiro atoms. The Morgan fingerprint density at radius 2 is 2.00 bits per heavy atom. The number of carbonyl (C=O) groups is 1. The van der Waals surface area contributed by atoms with E-state index in [0.29, 0.717) is 6.61 Å². The Bertz CT molecular complexity index is 441. The third-order valence-corrected chi connectivity index (χ3v) is 3.78. The number of carboxylic acid groups (broad SMARTS) is 1. The minimum atomic E-state index is -0.758. The van der Waals surface area contributed by atoms with Crippen molar-refractivity contribution < 1.29 is 14.6 Å². The Labute approximate surface area is 120 Å². The van der Waals surface area contributed by atoms with E-state index in [1.807, 2.05) is 31.2 Å². The first-order valence-electron chi connectivity index (χ1n) is 7.40. The summed E-state index contributed by atoms with van der Waals surface area (Å²) in [5.74, 6) is 0.0544. The topological polar surface area (TPSA) is 49.8 Å². The minimum absolute atomic E-state index is 0.0875. The molecular formula is C16H23NO3. The highest BCUT2D eigenvalue weighted by Gasteiger charge is 2.26. The van der Waals surface area contributed by atoms with Gasteiger partial charge in [0.2, 0.25) is 0 Å². The van der Waals surface area contributed by atoms with Gasteiger partial charge >= 0.3 is 5.97 Å². The number of nitrogens with zero attached hydrogens (tertiary/aromatic N) is 1. The average Bonchev–Trinajstić information content (AvgIpc) is 2.47. The first-order valence-corrected chi connectivity index (χ1v) is 7.40. The first-order chi connectivity index (χ1) is 9.72. The van der Waals surface area contributed by atoms with E-state index in [1.54, 1.807) is 0 Å². The molecule has 0 aromatic heterocycles. The molecule has 1 aromatic carbocycles. The summed E-state index contributed by atoms with van der Waals surface area (Å²) < 4.78 is 5.67. The van der Waals surface area contributed by atoms with Gasteiger partial charge in [0.25, 0.3) is 0 Å². The highest BCUT2D eigenvalue weighted by molar-refractivity contribution is 5.68. The number of benzene rings is 1. The fourth-order valence-corrected chi connectivity index (χ4v) is 2.87. The summed E-state index contributed by atoms with van der Waals surface area (Å²) >= 11 is 0. The molecule has 1 saturated heterocycles. The van der Waals surface area contributed by atoms with Gasteiger partial charge in [-0.15, -0.1) is 0 Å². The molecule has 1 heterocycles. The number of rotatable bonds is 6. The van der Waals surface area contributed by atoms with Crippen LogP contribution in [0.3, 0.4) is 0 Å². The van der Waals surface area contributed by atoms with Gasteiger partial charge < -0.3 is 9.84 Å². The summed E-state index contributed by atoms with van der Waals surface area (Å²) in [7, 11) is 0. The standard InChI is InChI=1S/C16H23NO3/c1-2-20-15-9-5-4-8-13(15)14(12-16(18)19)17-10-6-3-7-11-17/h4-5,8-9,14H,2-3,6-7,10-12H2,1H3,(H,18,19). The SMILES string of the molecule is CCOc1ccccc1C(CC(=O)O)N1CCCCC1. The first kappa shape index (κ1) is 14.9. The normalized spacial score (nSPS) is 17.6. The second-order valence-electron chi connectivity index (χ2n) is 5.18. The number of hydrogen-bond donors (Lipinski definition) is 1. The Morgan fingerprint density at radius 1 is 1.30 bits per heavy atom. The van der Waals surface area contributed by atoms with Crippen molar-refractivity contribution in [3.05, 3.63) is 29.8 Å². The zero-order chi connectivity index (χ0) is 14.4. The molecule has 1 N–H and O–H groups in total. The van der Waals surface area contributed by atoms with Crippen molar-refractivity contribution in [1.29, 1.82) is 0 Å². The fraction of sp³-hybridized carbons (Fsp3) is 0.562. The molecule has 0 amide bonds. The quantitative estimate of drug-likeness (QED) is 0.868. The van der Waals surface area contributed by atoms with E-state index in [0.717, 1.165) is 37.2 Å². The molecule has 110 valence electrons. The number of aliphatic carboxylic acids is 1. The molecule has 1 aliphatic heterocycles. The van der Waals surface area contributed by atoms with E-state index < -0.39 is 5.97 Å². The Hall–Kier alpha value is -1.55. The summed E-state index contributed by atoms with van der Waals surface area (Å²) in [6.45, 7) is 4.48. The Balaban J connectivity index is 2.27. The fourth-order valence-electron chi connectivity index (χ4n) is 2.87. The van der Waals surface area contributed by atoms with Crippen LogP contribution in [0.4, 0.5) is 0 Å². The van der Waals surface area contributed by atoms with Crippen molar-refractivity contribution in [2.45, 2.75) is 38.6 Å². The van der Waals surface area contributed by atoms with Gasteiger partial charge in [-0.3, -0.25) is 9.69 Å². The van der Waals surface area contributed by atoms with E-state index in [2.05, 4.69) is 4.90 Å². The van der Waals surface area contributed by atoms with Crippen LogP contribution in [0.1, 0.15) is 44.2 Å². The number of hydrogen-bond acceptors (Lipinski definition) is 3. The summed E-state index contributed by atoms with van der Waals surface area (Å²) in [6, 6.07) is 7.72. The van der Waals surface area contributed by atoms with Crippen molar-refractivity contribution in [2.24, 2.45) is 0 Å². The lowest BCUT2D eigenvalue weighted by Gasteiger charge is -2.34. The van der Waals surface area contributed by atoms with Crippen LogP contribution < -0.4 is 4.74 Å². The number of carboxylic acids is 1. The lowest BCUT2D eigenvalue weighted by atomic mass is 9.98. The highest BCUT2D eigenvalue weighted by Crippen LogP contribution is 2.33. The number of para-hydroxylation sites is 1. The predicted octanol–water partition coefficient (Wildman–Crippen LogP) is 3.09. The summed E-state index contributed by atoms with van der Waals surface area (Å²) in [5.41, 5.74) is 0.999. The molecule has 4 heteroatoms. The predicted molar refractivity (Wildman–Crippen MR) is 78.0 cm³/mol. The van der Waals surface area contributed by atoms with Gasteiger partial charge in [-0.1, -0.05) is 24.6 Å². The van der Waals surface area contributed by atoms with E-state index in [9.17, 15) is 9.90 Å². The second-order valence-corrected chi connectivity index (χ2v) is 5.18. The highest BCUT2D eigenvalue weighted by atomic mass is 16.5. The summed E-state index contributed by atoms with van der Waals surface area (Å²) in [6.07, 6.45) is 3.66. The van der Waals surface area contributed by atoms with Gasteiger partial charge in [0.05, 0.1) is 13.0 Å². The van der Waals surface area contributed by atoms with Crippen molar-refractivity contribution in [3.8, 4) is 5.75 Å². The van der Waals surface area contributed by atoms with Crippen LogP contribution in [0.2, 0.25) is 0 Å². The Kier molecular flexibility index (Phi) is 5.41. The van der Waals surface area contributed by atoms with E-state index in [-0.39, 0.29) is 12.5 Å². The molecule has 2 rings (SSSR count). The van der Waals surface area contributed by atoms with Crippen molar-refractivity contribution in [2.75, 3.05) is 19.7 Å². The summed E-state index contributed by atoms with van der Waals surface area (Å²) in [4.78, 5) is 13.5. The average molecular weight is 277 g/mol. The van der Waals surface area contributed by atoms with Crippen molar-refractivity contribution in [3.63, 3.8) is 0 Å². The molecule has 0 bridgehead atoms. The smallest absolute Gasteiger partial charge is 0.305 e. The lowest BCUT2D eigenvalue weighted by molar-refractivity contribution is -0.138. The molecular weight excluding hydrogens is 254 g/mol. The maximum atomic E-state index is 11.2. The molecule has 20 heavy (non-hydrogen) atoms. The monoisotopic (exact) mass is 277 g/mol. The molecule has 1 aromatic rings. The van der Waals surface area contributed by atoms with E-state index in [4.69, 9.17) is 4.74 Å². The van der Waals surface area contributed by atoms with E-state index >= 15 is 0 Å². The molecule has 1 fully saturated rings. The van der Waals surface area contributed by atoms with Gasteiger partial charge in [-0.25, -0.2) is 0 Å². The van der Waals surface area contributed by atoms with Gasteiger partial charge in [-0.05, 0) is 38.9 Å². The van der Waals surface area contributed by atoms with Crippen LogP contribution in [0.5, 0.6) is 5.75 Å². The van der Waals surface area contributed by atoms with Gasteiger partial charge in [0.15, 0.2) is 0 Å². The van der Waals surface area contributed by atoms with Crippen molar-refractivity contribution >= 4 is 5.97 Å². The number of piperidine rings is 1. The molecule has 0 radical (unpaired) electrons. The number of ether oxygens (including phenoxy) is 1. The molecule has 1 unspecified atom stereocenters. The van der Waals surface area contributed by atoms with Crippen molar-refractivity contribution in [1.82, 2.24) is 4.90 Å². The third-order valence-electron chi connectivity index (χ3n) is 3.78. The third kappa shape index (κ3) is 3.73. The Morgan fingerprint density at radius 3 is 2.65 bits per heavy atom.